The van der Waals surface area contributed by atoms with Crippen molar-refractivity contribution in [3.8, 4) is 0 Å². The summed E-state index contributed by atoms with van der Waals surface area (Å²) < 4.78 is 17.2. The van der Waals surface area contributed by atoms with Crippen molar-refractivity contribution in [3.05, 3.63) is 122 Å². The number of allylic oxidation sites excluding steroid dienone is 20. The van der Waals surface area contributed by atoms with Gasteiger partial charge in [-0.3, -0.25) is 9.59 Å². The molecule has 0 aliphatic rings. The summed E-state index contributed by atoms with van der Waals surface area (Å²) in [5.74, 6) is -1.57. The van der Waals surface area contributed by atoms with Crippen LogP contribution >= 0.6 is 0 Å². The molecule has 0 aromatic heterocycles. The molecule has 2 unspecified atom stereocenters. The van der Waals surface area contributed by atoms with Crippen LogP contribution in [0.15, 0.2) is 122 Å². The van der Waals surface area contributed by atoms with E-state index in [1.54, 1.807) is 0 Å². The Morgan fingerprint density at radius 1 is 0.469 bits per heavy atom. The standard InChI is InChI=1S/C56H89NO7/c1-6-8-10-12-14-16-18-20-22-24-25-26-27-28-29-31-32-34-36-38-40-42-44-46-54(58)63-51-52(50-62-49-48-53(56(60)61)57(3,4)5)64-55(59)47-45-43-41-39-37-35-33-30-23-21-19-17-15-13-11-9-7-2/h8-11,14-17,20-23,25-26,28-29,33,35,39,41,52-53H,6-7,12-13,18-19,24,27,30-32,34,36-38,40,42-51H2,1-5H3/p+1/b10-8+,11-9+,16-14+,17-15+,22-20+,23-21+,26-25+,29-28+,35-33+,41-39+. The van der Waals surface area contributed by atoms with Crippen LogP contribution in [-0.4, -0.2) is 80.6 Å². The van der Waals surface area contributed by atoms with Gasteiger partial charge < -0.3 is 23.8 Å². The summed E-state index contributed by atoms with van der Waals surface area (Å²) in [7, 11) is 5.49. The lowest BCUT2D eigenvalue weighted by molar-refractivity contribution is -0.887. The van der Waals surface area contributed by atoms with E-state index in [1.165, 1.54) is 19.3 Å². The van der Waals surface area contributed by atoms with Crippen molar-refractivity contribution in [2.45, 2.75) is 174 Å². The van der Waals surface area contributed by atoms with Gasteiger partial charge in [-0.05, 0) is 96.3 Å². The van der Waals surface area contributed by atoms with E-state index in [4.69, 9.17) is 14.2 Å². The van der Waals surface area contributed by atoms with Gasteiger partial charge in [0.05, 0.1) is 34.4 Å². The molecule has 8 heteroatoms. The van der Waals surface area contributed by atoms with Crippen LogP contribution in [0.4, 0.5) is 0 Å². The van der Waals surface area contributed by atoms with E-state index in [1.807, 2.05) is 21.1 Å². The van der Waals surface area contributed by atoms with Crippen molar-refractivity contribution in [1.29, 1.82) is 0 Å². The minimum absolute atomic E-state index is 0.0261. The number of rotatable bonds is 42. The van der Waals surface area contributed by atoms with Gasteiger partial charge in [-0.15, -0.1) is 0 Å². The lowest BCUT2D eigenvalue weighted by Crippen LogP contribution is -2.50. The average molecular weight is 889 g/mol. The Kier molecular flexibility index (Phi) is 42.3. The monoisotopic (exact) mass is 889 g/mol. The van der Waals surface area contributed by atoms with Gasteiger partial charge in [0.1, 0.15) is 6.61 Å². The van der Waals surface area contributed by atoms with Crippen LogP contribution in [0.25, 0.3) is 0 Å². The lowest BCUT2D eigenvalue weighted by Gasteiger charge is -2.31. The minimum Gasteiger partial charge on any atom is -0.477 e. The number of carboxylic acid groups (broad SMARTS) is 1. The third kappa shape index (κ3) is 43.0. The molecule has 0 aliphatic carbocycles. The van der Waals surface area contributed by atoms with Gasteiger partial charge in [-0.2, -0.15) is 0 Å². The molecule has 2 atom stereocenters. The maximum atomic E-state index is 12.7. The minimum atomic E-state index is -0.891. The molecule has 0 heterocycles. The van der Waals surface area contributed by atoms with E-state index in [0.29, 0.717) is 19.3 Å². The Balaban J connectivity index is 4.39. The van der Waals surface area contributed by atoms with Gasteiger partial charge in [-0.1, -0.05) is 167 Å². The Morgan fingerprint density at radius 3 is 1.27 bits per heavy atom. The molecule has 0 rings (SSSR count). The largest absolute Gasteiger partial charge is 0.477 e. The van der Waals surface area contributed by atoms with Crippen molar-refractivity contribution >= 4 is 17.9 Å². The van der Waals surface area contributed by atoms with E-state index in [0.717, 1.165) is 103 Å². The SMILES string of the molecule is CC/C=C/C/C=C/C/C=C/C/C=C/C/C=C/CCCCCCCCCC(=O)OCC(COCCC(C(=O)O)[N+](C)(C)C)OC(=O)CCC/C=C/C/C=C/C/C=C/C/C=C/C/C=C/CC. The van der Waals surface area contributed by atoms with Crippen molar-refractivity contribution in [2.24, 2.45) is 0 Å². The number of carbonyl (C=O) groups is 3. The van der Waals surface area contributed by atoms with Crippen LogP contribution in [0.3, 0.4) is 0 Å². The zero-order valence-electron chi connectivity index (χ0n) is 40.9. The molecule has 360 valence electrons. The Morgan fingerprint density at radius 2 is 0.844 bits per heavy atom. The second kappa shape index (κ2) is 45.3. The molecule has 0 amide bonds. The van der Waals surface area contributed by atoms with E-state index in [-0.39, 0.29) is 42.7 Å². The fourth-order valence-electron chi connectivity index (χ4n) is 6.39. The van der Waals surface area contributed by atoms with E-state index in [9.17, 15) is 19.5 Å². The van der Waals surface area contributed by atoms with Gasteiger partial charge in [0.2, 0.25) is 0 Å². The molecule has 64 heavy (non-hydrogen) atoms. The highest BCUT2D eigenvalue weighted by molar-refractivity contribution is 5.72. The van der Waals surface area contributed by atoms with Gasteiger partial charge in [-0.25, -0.2) is 4.79 Å². The number of aliphatic carboxylic acids is 1. The summed E-state index contributed by atoms with van der Waals surface area (Å²) in [5.41, 5.74) is 0. The molecule has 0 bridgehead atoms. The maximum absolute atomic E-state index is 12.7. The topological polar surface area (TPSA) is 99.1 Å². The number of likely N-dealkylation sites (N-methyl/N-ethyl adjacent to an activating group) is 1. The molecular formula is C56H90NO7+. The second-order valence-corrected chi connectivity index (χ2v) is 17.0. The zero-order valence-corrected chi connectivity index (χ0v) is 40.9. The predicted octanol–water partition coefficient (Wildman–Crippen LogP) is 14.2. The molecule has 0 spiro atoms. The second-order valence-electron chi connectivity index (χ2n) is 17.0. The van der Waals surface area contributed by atoms with Crippen molar-refractivity contribution in [1.82, 2.24) is 0 Å². The number of carbonyl (C=O) groups excluding carboxylic acids is 2. The first-order chi connectivity index (χ1) is 31.1. The molecular weight excluding hydrogens is 799 g/mol. The van der Waals surface area contributed by atoms with Crippen molar-refractivity contribution in [2.75, 3.05) is 41.0 Å². The van der Waals surface area contributed by atoms with Crippen LogP contribution < -0.4 is 0 Å². The number of quaternary nitrogens is 1. The first-order valence-corrected chi connectivity index (χ1v) is 24.6. The molecule has 0 fully saturated rings. The Bertz CT molecular complexity index is 1450. The summed E-state index contributed by atoms with van der Waals surface area (Å²) in [6.07, 6.45) is 64.0. The van der Waals surface area contributed by atoms with Gasteiger partial charge >= 0.3 is 17.9 Å². The summed E-state index contributed by atoms with van der Waals surface area (Å²) in [4.78, 5) is 37.1. The molecule has 0 saturated heterocycles. The van der Waals surface area contributed by atoms with Crippen molar-refractivity contribution < 1.29 is 38.2 Å². The number of nitrogens with zero attached hydrogens (tertiary/aromatic N) is 1. The van der Waals surface area contributed by atoms with Gasteiger partial charge in [0.25, 0.3) is 0 Å². The van der Waals surface area contributed by atoms with E-state index < -0.39 is 18.1 Å². The summed E-state index contributed by atoms with van der Waals surface area (Å²) in [5, 5.41) is 9.64. The quantitative estimate of drug-likeness (QED) is 0.0282. The average Bonchev–Trinajstić information content (AvgIpc) is 3.26. The Labute approximate surface area is 391 Å². The van der Waals surface area contributed by atoms with Crippen molar-refractivity contribution in [3.63, 3.8) is 0 Å². The molecule has 0 aromatic carbocycles. The highest BCUT2D eigenvalue weighted by Crippen LogP contribution is 2.13. The van der Waals surface area contributed by atoms with Gasteiger partial charge in [0.15, 0.2) is 12.1 Å². The highest BCUT2D eigenvalue weighted by atomic mass is 16.6. The first kappa shape index (κ1) is 59.7. The third-order valence-corrected chi connectivity index (χ3v) is 10.1. The third-order valence-electron chi connectivity index (χ3n) is 10.1. The molecule has 8 nitrogen and oxygen atoms in total. The number of hydrogen-bond donors (Lipinski definition) is 1. The molecule has 0 aromatic rings. The molecule has 0 aliphatic heterocycles. The van der Waals surface area contributed by atoms with Crippen LogP contribution in [0.2, 0.25) is 0 Å². The Hall–Kier alpha value is -4.27. The van der Waals surface area contributed by atoms with Crippen LogP contribution in [-0.2, 0) is 28.6 Å². The van der Waals surface area contributed by atoms with E-state index in [2.05, 4.69) is 135 Å². The molecule has 1 N–H and O–H groups in total. The molecule has 0 radical (unpaired) electrons. The summed E-state index contributed by atoms with van der Waals surface area (Å²) in [6.45, 7) is 4.42. The lowest BCUT2D eigenvalue weighted by atomic mass is 10.1. The highest BCUT2D eigenvalue weighted by Gasteiger charge is 2.31. The maximum Gasteiger partial charge on any atom is 0.362 e. The first-order valence-electron chi connectivity index (χ1n) is 24.6. The van der Waals surface area contributed by atoms with Crippen LogP contribution in [0, 0.1) is 0 Å². The van der Waals surface area contributed by atoms with Crippen LogP contribution in [0.5, 0.6) is 0 Å². The normalized spacial score (nSPS) is 14.0. The number of hydrogen-bond acceptors (Lipinski definition) is 6. The number of carboxylic acids is 1. The van der Waals surface area contributed by atoms with E-state index >= 15 is 0 Å². The summed E-state index contributed by atoms with van der Waals surface area (Å²) >= 11 is 0. The molecule has 0 saturated carbocycles. The number of esters is 2. The zero-order chi connectivity index (χ0) is 47.0. The predicted molar refractivity (Wildman–Crippen MR) is 270 cm³/mol. The smallest absolute Gasteiger partial charge is 0.362 e. The van der Waals surface area contributed by atoms with Crippen LogP contribution in [0.1, 0.15) is 162 Å². The number of unbranched alkanes of at least 4 members (excludes halogenated alkanes) is 8. The fraction of sp³-hybridized carbons (Fsp3) is 0.589. The summed E-state index contributed by atoms with van der Waals surface area (Å²) in [6, 6.07) is -0.635. The van der Waals surface area contributed by atoms with Gasteiger partial charge in [0, 0.05) is 19.3 Å². The fourth-order valence-corrected chi connectivity index (χ4v) is 6.39. The number of ether oxygens (including phenoxy) is 3.